The SMILES string of the molecule is CC(C)C(C(C(C)C)N(Cc1ccccc1)Cc1ccccc1)N(Cc1ccccc1)Cc1ccccc1. The van der Waals surface area contributed by atoms with Gasteiger partial charge in [-0.1, -0.05) is 149 Å². The van der Waals surface area contributed by atoms with Gasteiger partial charge >= 0.3 is 0 Å². The first-order valence-electron chi connectivity index (χ1n) is 14.1. The Bertz CT molecular complexity index is 993. The molecule has 0 saturated heterocycles. The molecule has 2 unspecified atom stereocenters. The van der Waals surface area contributed by atoms with Crippen molar-refractivity contribution in [1.82, 2.24) is 9.80 Å². The summed E-state index contributed by atoms with van der Waals surface area (Å²) < 4.78 is 0. The summed E-state index contributed by atoms with van der Waals surface area (Å²) in [5, 5.41) is 0. The monoisotopic (exact) mass is 504 g/mol. The average molecular weight is 505 g/mol. The lowest BCUT2D eigenvalue weighted by molar-refractivity contribution is 0.00911. The maximum absolute atomic E-state index is 2.74. The van der Waals surface area contributed by atoms with Crippen LogP contribution >= 0.6 is 0 Å². The lowest BCUT2D eigenvalue weighted by Crippen LogP contribution is -2.55. The van der Waals surface area contributed by atoms with Gasteiger partial charge in [-0.3, -0.25) is 9.80 Å². The van der Waals surface area contributed by atoms with E-state index in [1.807, 2.05) is 0 Å². The minimum Gasteiger partial charge on any atom is -0.290 e. The molecule has 198 valence electrons. The van der Waals surface area contributed by atoms with E-state index in [1.54, 1.807) is 0 Å². The maximum Gasteiger partial charge on any atom is 0.0284 e. The summed E-state index contributed by atoms with van der Waals surface area (Å²) in [6.45, 7) is 13.4. The molecule has 0 bridgehead atoms. The van der Waals surface area contributed by atoms with E-state index in [2.05, 4.69) is 159 Å². The highest BCUT2D eigenvalue weighted by Gasteiger charge is 2.36. The Morgan fingerprint density at radius 3 is 0.763 bits per heavy atom. The van der Waals surface area contributed by atoms with Gasteiger partial charge in [-0.25, -0.2) is 0 Å². The van der Waals surface area contributed by atoms with E-state index < -0.39 is 0 Å². The van der Waals surface area contributed by atoms with E-state index >= 15 is 0 Å². The predicted molar refractivity (Wildman–Crippen MR) is 162 cm³/mol. The van der Waals surface area contributed by atoms with Crippen LogP contribution in [0.1, 0.15) is 49.9 Å². The van der Waals surface area contributed by atoms with E-state index in [1.165, 1.54) is 22.3 Å². The molecule has 0 aliphatic carbocycles. The first kappa shape index (κ1) is 27.8. The van der Waals surface area contributed by atoms with Crippen molar-refractivity contribution in [2.75, 3.05) is 0 Å². The fraction of sp³-hybridized carbons (Fsp3) is 0.333. The lowest BCUT2D eigenvalue weighted by atomic mass is 9.85. The molecule has 0 N–H and O–H groups in total. The fourth-order valence-electron chi connectivity index (χ4n) is 5.87. The van der Waals surface area contributed by atoms with Gasteiger partial charge in [0.25, 0.3) is 0 Å². The molecule has 2 nitrogen and oxygen atoms in total. The fourth-order valence-corrected chi connectivity index (χ4v) is 5.87. The molecule has 0 aliphatic rings. The van der Waals surface area contributed by atoms with E-state index in [0.29, 0.717) is 23.9 Å². The molecule has 0 saturated carbocycles. The van der Waals surface area contributed by atoms with Gasteiger partial charge in [-0.05, 0) is 34.1 Å². The van der Waals surface area contributed by atoms with Gasteiger partial charge in [-0.15, -0.1) is 0 Å². The molecule has 4 aromatic rings. The minimum atomic E-state index is 0.378. The van der Waals surface area contributed by atoms with Crippen LogP contribution in [0.5, 0.6) is 0 Å². The molecule has 0 aromatic heterocycles. The number of nitrogens with zero attached hydrogens (tertiary/aromatic N) is 2. The van der Waals surface area contributed by atoms with Crippen molar-refractivity contribution >= 4 is 0 Å². The zero-order valence-electron chi connectivity index (χ0n) is 23.6. The third-order valence-electron chi connectivity index (χ3n) is 7.47. The highest BCUT2D eigenvalue weighted by Crippen LogP contribution is 2.30. The third kappa shape index (κ3) is 7.90. The van der Waals surface area contributed by atoms with Gasteiger partial charge in [0.15, 0.2) is 0 Å². The smallest absolute Gasteiger partial charge is 0.0284 e. The van der Waals surface area contributed by atoms with Crippen LogP contribution in [0.4, 0.5) is 0 Å². The lowest BCUT2D eigenvalue weighted by Gasteiger charge is -2.47. The molecule has 0 spiro atoms. The highest BCUT2D eigenvalue weighted by atomic mass is 15.3. The van der Waals surface area contributed by atoms with Crippen molar-refractivity contribution in [3.8, 4) is 0 Å². The van der Waals surface area contributed by atoms with E-state index in [9.17, 15) is 0 Å². The molecule has 2 heteroatoms. The molecular weight excluding hydrogens is 460 g/mol. The van der Waals surface area contributed by atoms with Gasteiger partial charge in [-0.2, -0.15) is 0 Å². The number of rotatable bonds is 13. The minimum absolute atomic E-state index is 0.378. The molecule has 4 rings (SSSR count). The summed E-state index contributed by atoms with van der Waals surface area (Å²) in [5.74, 6) is 0.979. The topological polar surface area (TPSA) is 6.48 Å². The van der Waals surface area contributed by atoms with Crippen LogP contribution in [0.15, 0.2) is 121 Å². The normalized spacial score (nSPS) is 13.4. The molecule has 2 atom stereocenters. The van der Waals surface area contributed by atoms with Gasteiger partial charge in [0.1, 0.15) is 0 Å². The van der Waals surface area contributed by atoms with Crippen molar-refractivity contribution < 1.29 is 0 Å². The largest absolute Gasteiger partial charge is 0.290 e. The Morgan fingerprint density at radius 2 is 0.579 bits per heavy atom. The van der Waals surface area contributed by atoms with Crippen LogP contribution in [-0.4, -0.2) is 21.9 Å². The van der Waals surface area contributed by atoms with Crippen molar-refractivity contribution in [3.63, 3.8) is 0 Å². The Labute approximate surface area is 231 Å². The van der Waals surface area contributed by atoms with Crippen LogP contribution in [0.2, 0.25) is 0 Å². The standard InChI is InChI=1S/C36H44N2/c1-29(2)35(37(25-31-17-9-5-10-18-31)26-32-19-11-6-12-20-32)36(30(3)4)38(27-33-21-13-7-14-22-33)28-34-23-15-8-16-24-34/h5-24,29-30,35-36H,25-28H2,1-4H3. The van der Waals surface area contributed by atoms with Crippen LogP contribution in [-0.2, 0) is 26.2 Å². The van der Waals surface area contributed by atoms with Gasteiger partial charge in [0, 0.05) is 38.3 Å². The zero-order chi connectivity index (χ0) is 26.7. The van der Waals surface area contributed by atoms with Crippen molar-refractivity contribution in [1.29, 1.82) is 0 Å². The Kier molecular flexibility index (Phi) is 10.3. The zero-order valence-corrected chi connectivity index (χ0v) is 23.6. The molecule has 0 radical (unpaired) electrons. The Balaban J connectivity index is 1.74. The number of hydrogen-bond acceptors (Lipinski definition) is 2. The quantitative estimate of drug-likeness (QED) is 0.180. The second kappa shape index (κ2) is 14.1. The summed E-state index contributed by atoms with van der Waals surface area (Å²) in [6.07, 6.45) is 0. The molecular formula is C36H44N2. The summed E-state index contributed by atoms with van der Waals surface area (Å²) in [4.78, 5) is 5.48. The summed E-state index contributed by atoms with van der Waals surface area (Å²) in [7, 11) is 0. The average Bonchev–Trinajstić information content (AvgIpc) is 2.93. The molecule has 0 amide bonds. The van der Waals surface area contributed by atoms with Gasteiger partial charge < -0.3 is 0 Å². The van der Waals surface area contributed by atoms with Crippen LogP contribution < -0.4 is 0 Å². The Hall–Kier alpha value is -3.20. The molecule has 0 aliphatic heterocycles. The van der Waals surface area contributed by atoms with Crippen molar-refractivity contribution in [2.24, 2.45) is 11.8 Å². The van der Waals surface area contributed by atoms with E-state index in [0.717, 1.165) is 26.2 Å². The van der Waals surface area contributed by atoms with E-state index in [4.69, 9.17) is 0 Å². The maximum atomic E-state index is 2.74. The molecule has 4 aromatic carbocycles. The van der Waals surface area contributed by atoms with Crippen molar-refractivity contribution in [2.45, 2.75) is 66.0 Å². The van der Waals surface area contributed by atoms with Gasteiger partial charge in [0.2, 0.25) is 0 Å². The predicted octanol–water partition coefficient (Wildman–Crippen LogP) is 8.44. The summed E-state index contributed by atoms with van der Waals surface area (Å²) >= 11 is 0. The van der Waals surface area contributed by atoms with Crippen LogP contribution in [0, 0.1) is 11.8 Å². The molecule has 0 heterocycles. The molecule has 0 fully saturated rings. The number of hydrogen-bond donors (Lipinski definition) is 0. The highest BCUT2D eigenvalue weighted by molar-refractivity contribution is 5.20. The third-order valence-corrected chi connectivity index (χ3v) is 7.47. The summed E-state index contributed by atoms with van der Waals surface area (Å²) in [5.41, 5.74) is 5.48. The first-order valence-corrected chi connectivity index (χ1v) is 14.1. The van der Waals surface area contributed by atoms with Gasteiger partial charge in [0.05, 0.1) is 0 Å². The second-order valence-corrected chi connectivity index (χ2v) is 11.2. The first-order chi connectivity index (χ1) is 18.5. The van der Waals surface area contributed by atoms with Crippen LogP contribution in [0.3, 0.4) is 0 Å². The van der Waals surface area contributed by atoms with Crippen LogP contribution in [0.25, 0.3) is 0 Å². The summed E-state index contributed by atoms with van der Waals surface area (Å²) in [6, 6.07) is 44.7. The number of benzene rings is 4. The Morgan fingerprint density at radius 1 is 0.368 bits per heavy atom. The molecule has 38 heavy (non-hydrogen) atoms. The van der Waals surface area contributed by atoms with E-state index in [-0.39, 0.29) is 0 Å². The van der Waals surface area contributed by atoms with Crippen molar-refractivity contribution in [3.05, 3.63) is 144 Å². The second-order valence-electron chi connectivity index (χ2n) is 11.2.